The maximum atomic E-state index is 13.1. The largest absolute Gasteiger partial charge is 0.480 e. The first-order chi connectivity index (χ1) is 13.6. The van der Waals surface area contributed by atoms with Crippen LogP contribution < -0.4 is 5.32 Å². The molecule has 4 rings (SSSR count). The van der Waals surface area contributed by atoms with E-state index in [9.17, 15) is 19.5 Å². The molecular formula is C19H18ClN3NaO4S2. The molecule has 3 heterocycles. The molecule has 7 nitrogen and oxygen atoms in total. The number of rotatable bonds is 4. The molecule has 0 saturated carbocycles. The summed E-state index contributed by atoms with van der Waals surface area (Å²) in [5.41, 5.74) is 1.50. The molecule has 2 aliphatic rings. The van der Waals surface area contributed by atoms with Gasteiger partial charge >= 0.3 is 5.97 Å². The van der Waals surface area contributed by atoms with Crippen LogP contribution in [0.25, 0.3) is 11.3 Å². The van der Waals surface area contributed by atoms with E-state index in [0.29, 0.717) is 26.7 Å². The third-order valence-electron chi connectivity index (χ3n) is 5.18. The second-order valence-corrected chi connectivity index (χ2v) is 10.6. The fraction of sp³-hybridized carbons (Fsp3) is 0.368. The molecule has 2 aromatic rings. The molecule has 1 aromatic carbocycles. The summed E-state index contributed by atoms with van der Waals surface area (Å²) in [6.45, 7) is 5.38. The van der Waals surface area contributed by atoms with E-state index in [2.05, 4.69) is 9.69 Å². The SMILES string of the molecule is Cc1snc(-c2ccccc2Cl)c1C(=O)N[C@@H]1C(=O)N2[C@@H]1SC(C)(C)[C@@H]2C(=O)O.[Na]. The second-order valence-electron chi connectivity index (χ2n) is 7.49. The topological polar surface area (TPSA) is 99.6 Å². The van der Waals surface area contributed by atoms with Crippen molar-refractivity contribution < 1.29 is 19.5 Å². The van der Waals surface area contributed by atoms with Gasteiger partial charge < -0.3 is 15.3 Å². The Labute approximate surface area is 209 Å². The summed E-state index contributed by atoms with van der Waals surface area (Å²) in [7, 11) is 0. The van der Waals surface area contributed by atoms with Crippen molar-refractivity contribution in [2.24, 2.45) is 0 Å². The molecule has 1 radical (unpaired) electrons. The smallest absolute Gasteiger partial charge is 0.327 e. The van der Waals surface area contributed by atoms with Crippen molar-refractivity contribution in [3.63, 3.8) is 0 Å². The second kappa shape index (κ2) is 8.44. The number of thioether (sulfide) groups is 1. The van der Waals surface area contributed by atoms with Crippen molar-refractivity contribution >= 4 is 82.2 Å². The fourth-order valence-corrected chi connectivity index (χ4v) is 6.38. The Hall–Kier alpha value is -1.10. The number of fused-ring (bicyclic) bond motifs is 1. The van der Waals surface area contributed by atoms with Gasteiger partial charge in [-0.25, -0.2) is 4.79 Å². The van der Waals surface area contributed by atoms with Crippen molar-refractivity contribution in [1.29, 1.82) is 0 Å². The number of carboxylic acid groups (broad SMARTS) is 1. The van der Waals surface area contributed by atoms with Crippen LogP contribution in [0.5, 0.6) is 0 Å². The molecule has 153 valence electrons. The van der Waals surface area contributed by atoms with Crippen molar-refractivity contribution in [3.8, 4) is 11.3 Å². The summed E-state index contributed by atoms with van der Waals surface area (Å²) in [6.07, 6.45) is 0. The molecule has 11 heteroatoms. The number of aryl methyl sites for hydroxylation is 1. The van der Waals surface area contributed by atoms with Crippen molar-refractivity contribution in [1.82, 2.24) is 14.6 Å². The van der Waals surface area contributed by atoms with E-state index >= 15 is 0 Å². The summed E-state index contributed by atoms with van der Waals surface area (Å²) < 4.78 is 3.74. The van der Waals surface area contributed by atoms with E-state index in [1.54, 1.807) is 39.0 Å². The number of halogens is 1. The van der Waals surface area contributed by atoms with Gasteiger partial charge in [-0.3, -0.25) is 9.59 Å². The summed E-state index contributed by atoms with van der Waals surface area (Å²) >= 11 is 8.86. The quantitative estimate of drug-likeness (QED) is 0.522. The van der Waals surface area contributed by atoms with Crippen LogP contribution in [0.4, 0.5) is 0 Å². The Morgan fingerprint density at radius 2 is 1.97 bits per heavy atom. The number of carboxylic acids is 1. The van der Waals surface area contributed by atoms with Crippen LogP contribution in [0.1, 0.15) is 29.1 Å². The Balaban J connectivity index is 0.00000256. The zero-order valence-corrected chi connectivity index (χ0v) is 21.2. The third-order valence-corrected chi connectivity index (χ3v) is 7.83. The number of aliphatic carboxylic acids is 1. The summed E-state index contributed by atoms with van der Waals surface area (Å²) in [5, 5.41) is 12.4. The number of nitrogens with zero attached hydrogens (tertiary/aromatic N) is 2. The van der Waals surface area contributed by atoms with Crippen molar-refractivity contribution in [3.05, 3.63) is 39.7 Å². The van der Waals surface area contributed by atoms with Crippen molar-refractivity contribution in [2.45, 2.75) is 43.0 Å². The van der Waals surface area contributed by atoms with Crippen LogP contribution in [0, 0.1) is 6.92 Å². The number of carbonyl (C=O) groups excluding carboxylic acids is 2. The standard InChI is InChI=1S/C19H18ClN3O4S2.Na/c1-8-11(12(22-29-8)9-6-4-5-7-10(9)20)15(24)21-13-16(25)23-14(18(26)27)19(2,3)28-17(13)23;/h4-7,13-14,17H,1-3H3,(H,21,24)(H,26,27);/t13-,14+,17-;/m1./s1. The monoisotopic (exact) mass is 474 g/mol. The molecule has 2 aliphatic heterocycles. The fourth-order valence-electron chi connectivity index (χ4n) is 3.84. The van der Waals surface area contributed by atoms with E-state index < -0.39 is 34.1 Å². The first-order valence-electron chi connectivity index (χ1n) is 8.88. The molecule has 2 amide bonds. The molecule has 2 saturated heterocycles. The molecule has 0 bridgehead atoms. The zero-order valence-electron chi connectivity index (χ0n) is 16.8. The third kappa shape index (κ3) is 3.69. The van der Waals surface area contributed by atoms with E-state index in [0.717, 1.165) is 0 Å². The molecule has 1 aromatic heterocycles. The van der Waals surface area contributed by atoms with Gasteiger partial charge in [-0.15, -0.1) is 11.8 Å². The maximum Gasteiger partial charge on any atom is 0.327 e. The van der Waals surface area contributed by atoms with Crippen LogP contribution in [0.15, 0.2) is 24.3 Å². The minimum atomic E-state index is -1.04. The van der Waals surface area contributed by atoms with Gasteiger partial charge in [-0.2, -0.15) is 4.37 Å². The normalized spacial score (nSPS) is 23.9. The van der Waals surface area contributed by atoms with E-state index in [4.69, 9.17) is 11.6 Å². The first kappa shape index (κ1) is 23.6. The van der Waals surface area contributed by atoms with Gasteiger partial charge in [-0.1, -0.05) is 29.8 Å². The van der Waals surface area contributed by atoms with Gasteiger partial charge in [0.2, 0.25) is 5.91 Å². The average molecular weight is 475 g/mol. The van der Waals surface area contributed by atoms with E-state index in [1.165, 1.54) is 28.2 Å². The molecule has 3 atom stereocenters. The maximum absolute atomic E-state index is 13.1. The van der Waals surface area contributed by atoms with Crippen LogP contribution in [-0.2, 0) is 9.59 Å². The number of nitrogens with one attached hydrogen (secondary N) is 1. The molecule has 0 aliphatic carbocycles. The minimum Gasteiger partial charge on any atom is -0.480 e. The molecule has 0 spiro atoms. The molecule has 2 fully saturated rings. The summed E-state index contributed by atoms with van der Waals surface area (Å²) in [6, 6.07) is 5.44. The number of amides is 2. The number of β-lactam (4-membered cyclic amide) rings is 1. The van der Waals surface area contributed by atoms with Crippen molar-refractivity contribution in [2.75, 3.05) is 0 Å². The van der Waals surface area contributed by atoms with Crippen LogP contribution in [0.3, 0.4) is 0 Å². The van der Waals surface area contributed by atoms with Gasteiger partial charge in [-0.05, 0) is 38.4 Å². The summed E-state index contributed by atoms with van der Waals surface area (Å²) in [5.74, 6) is -1.84. The number of hydrogen-bond donors (Lipinski definition) is 2. The molecular weight excluding hydrogens is 457 g/mol. The number of hydrogen-bond acceptors (Lipinski definition) is 6. The molecule has 30 heavy (non-hydrogen) atoms. The van der Waals surface area contributed by atoms with Gasteiger partial charge in [0.25, 0.3) is 5.91 Å². The van der Waals surface area contributed by atoms with E-state index in [-0.39, 0.29) is 35.5 Å². The minimum absolute atomic E-state index is 0. The van der Waals surface area contributed by atoms with Crippen LogP contribution >= 0.6 is 34.9 Å². The zero-order chi connectivity index (χ0) is 21.1. The predicted molar refractivity (Wildman–Crippen MR) is 118 cm³/mol. The first-order valence-corrected chi connectivity index (χ1v) is 10.9. The summed E-state index contributed by atoms with van der Waals surface area (Å²) in [4.78, 5) is 39.4. The predicted octanol–water partition coefficient (Wildman–Crippen LogP) is 2.64. The number of carbonyl (C=O) groups is 3. The Morgan fingerprint density at radius 1 is 1.30 bits per heavy atom. The van der Waals surface area contributed by atoms with Gasteiger partial charge in [0, 0.05) is 44.7 Å². The van der Waals surface area contributed by atoms with Crippen LogP contribution in [0.2, 0.25) is 5.02 Å². The average Bonchev–Trinajstić information content (AvgIpc) is 3.15. The number of aromatic nitrogens is 1. The van der Waals surface area contributed by atoms with Gasteiger partial charge in [0.05, 0.1) is 16.3 Å². The Kier molecular flexibility index (Phi) is 6.63. The Morgan fingerprint density at radius 3 is 2.60 bits per heavy atom. The van der Waals surface area contributed by atoms with Gasteiger partial charge in [0.15, 0.2) is 0 Å². The molecule has 0 unspecified atom stereocenters. The molecule has 2 N–H and O–H groups in total. The van der Waals surface area contributed by atoms with E-state index in [1.807, 2.05) is 6.07 Å². The Bertz CT molecular complexity index is 1040. The van der Waals surface area contributed by atoms with Crippen LogP contribution in [-0.4, -0.2) is 83.9 Å². The number of benzene rings is 1. The van der Waals surface area contributed by atoms with Gasteiger partial charge in [0.1, 0.15) is 17.5 Å².